The average molecular weight is 328 g/mol. The number of hydrogen-bond donors (Lipinski definition) is 1. The zero-order valence-corrected chi connectivity index (χ0v) is 12.6. The fraction of sp³-hybridized carbons (Fsp3) is 0.133. The Balaban J connectivity index is 2.00. The van der Waals surface area contributed by atoms with Gasteiger partial charge in [0, 0.05) is 5.02 Å². The Morgan fingerprint density at radius 1 is 1.19 bits per heavy atom. The molecular formula is C15H12Cl2FNO2. The van der Waals surface area contributed by atoms with Gasteiger partial charge in [-0.25, -0.2) is 4.39 Å². The quantitative estimate of drug-likeness (QED) is 0.895. The molecule has 0 aromatic heterocycles. The third-order valence-electron chi connectivity index (χ3n) is 2.68. The number of anilines is 1. The second kappa shape index (κ2) is 6.78. The molecule has 0 radical (unpaired) electrons. The van der Waals surface area contributed by atoms with Crippen LogP contribution in [0.15, 0.2) is 42.5 Å². The van der Waals surface area contributed by atoms with E-state index in [0.29, 0.717) is 16.5 Å². The monoisotopic (exact) mass is 327 g/mol. The first-order valence-electron chi connectivity index (χ1n) is 6.14. The summed E-state index contributed by atoms with van der Waals surface area (Å²) in [6.07, 6.45) is -0.743. The molecular weight excluding hydrogens is 316 g/mol. The Bertz CT molecular complexity index is 647. The Morgan fingerprint density at radius 3 is 2.48 bits per heavy atom. The summed E-state index contributed by atoms with van der Waals surface area (Å²) in [5.41, 5.74) is 0.328. The maximum atomic E-state index is 12.9. The number of nitrogens with one attached hydrogen (secondary N) is 1. The van der Waals surface area contributed by atoms with E-state index in [1.165, 1.54) is 12.1 Å². The highest BCUT2D eigenvalue weighted by Crippen LogP contribution is 2.23. The molecule has 0 fully saturated rings. The Labute approximate surface area is 131 Å². The van der Waals surface area contributed by atoms with Gasteiger partial charge in [-0.05, 0) is 49.4 Å². The molecule has 0 aliphatic heterocycles. The fourth-order valence-electron chi connectivity index (χ4n) is 1.60. The van der Waals surface area contributed by atoms with E-state index >= 15 is 0 Å². The topological polar surface area (TPSA) is 38.3 Å². The second-order valence-corrected chi connectivity index (χ2v) is 5.17. The summed E-state index contributed by atoms with van der Waals surface area (Å²) in [5.74, 6) is -0.339. The van der Waals surface area contributed by atoms with Crippen LogP contribution in [0.4, 0.5) is 10.1 Å². The van der Waals surface area contributed by atoms with Crippen molar-refractivity contribution in [2.24, 2.45) is 0 Å². The van der Waals surface area contributed by atoms with Crippen molar-refractivity contribution in [3.63, 3.8) is 0 Å². The molecule has 0 heterocycles. The van der Waals surface area contributed by atoms with E-state index in [2.05, 4.69) is 5.32 Å². The maximum Gasteiger partial charge on any atom is 0.265 e. The van der Waals surface area contributed by atoms with Gasteiger partial charge < -0.3 is 10.1 Å². The normalized spacial score (nSPS) is 11.8. The second-order valence-electron chi connectivity index (χ2n) is 4.33. The van der Waals surface area contributed by atoms with Gasteiger partial charge in [-0.3, -0.25) is 4.79 Å². The maximum absolute atomic E-state index is 12.9. The summed E-state index contributed by atoms with van der Waals surface area (Å²) in [7, 11) is 0. The molecule has 3 nitrogen and oxygen atoms in total. The van der Waals surface area contributed by atoms with Crippen LogP contribution in [0.25, 0.3) is 0 Å². The summed E-state index contributed by atoms with van der Waals surface area (Å²) < 4.78 is 18.4. The minimum atomic E-state index is -0.743. The number of carbonyl (C=O) groups is 1. The molecule has 1 unspecified atom stereocenters. The van der Waals surface area contributed by atoms with Crippen LogP contribution in [-0.2, 0) is 4.79 Å². The van der Waals surface area contributed by atoms with Crippen LogP contribution >= 0.6 is 23.2 Å². The first-order valence-corrected chi connectivity index (χ1v) is 6.89. The standard InChI is InChI=1S/C15H12Cl2FNO2/c1-9(21-12-5-2-10(16)3-6-12)15(20)19-14-7-4-11(18)8-13(14)17/h2-9H,1H3,(H,19,20). The highest BCUT2D eigenvalue weighted by Gasteiger charge is 2.16. The first-order chi connectivity index (χ1) is 9.95. The lowest BCUT2D eigenvalue weighted by Crippen LogP contribution is -2.30. The number of benzene rings is 2. The van der Waals surface area contributed by atoms with Gasteiger partial charge in [-0.15, -0.1) is 0 Å². The van der Waals surface area contributed by atoms with Crippen LogP contribution in [0.5, 0.6) is 5.75 Å². The van der Waals surface area contributed by atoms with Crippen LogP contribution in [0.2, 0.25) is 10.0 Å². The third-order valence-corrected chi connectivity index (χ3v) is 3.25. The van der Waals surface area contributed by atoms with Crippen LogP contribution < -0.4 is 10.1 Å². The largest absolute Gasteiger partial charge is 0.481 e. The highest BCUT2D eigenvalue weighted by molar-refractivity contribution is 6.33. The van der Waals surface area contributed by atoms with E-state index in [1.807, 2.05) is 0 Å². The predicted molar refractivity (Wildman–Crippen MR) is 81.6 cm³/mol. The Morgan fingerprint density at radius 2 is 1.86 bits per heavy atom. The number of ether oxygens (including phenoxy) is 1. The molecule has 0 saturated carbocycles. The smallest absolute Gasteiger partial charge is 0.265 e. The highest BCUT2D eigenvalue weighted by atomic mass is 35.5. The van der Waals surface area contributed by atoms with Crippen molar-refractivity contribution in [2.45, 2.75) is 13.0 Å². The molecule has 1 N–H and O–H groups in total. The molecule has 0 saturated heterocycles. The lowest BCUT2D eigenvalue weighted by molar-refractivity contribution is -0.122. The molecule has 110 valence electrons. The number of amides is 1. The lowest BCUT2D eigenvalue weighted by atomic mass is 10.3. The van der Waals surface area contributed by atoms with Crippen LogP contribution in [0.1, 0.15) is 6.92 Å². The number of rotatable bonds is 4. The van der Waals surface area contributed by atoms with Crippen molar-refractivity contribution in [1.29, 1.82) is 0 Å². The summed E-state index contributed by atoms with van der Waals surface area (Å²) >= 11 is 11.6. The summed E-state index contributed by atoms with van der Waals surface area (Å²) in [6, 6.07) is 10.4. The summed E-state index contributed by atoms with van der Waals surface area (Å²) in [6.45, 7) is 1.60. The van der Waals surface area contributed by atoms with E-state index < -0.39 is 17.8 Å². The molecule has 1 atom stereocenters. The van der Waals surface area contributed by atoms with Crippen molar-refractivity contribution in [3.8, 4) is 5.75 Å². The molecule has 0 aliphatic rings. The zero-order valence-electron chi connectivity index (χ0n) is 11.1. The summed E-state index contributed by atoms with van der Waals surface area (Å²) in [5, 5.41) is 3.29. The molecule has 2 aromatic rings. The number of carbonyl (C=O) groups excluding carboxylic acids is 1. The minimum Gasteiger partial charge on any atom is -0.481 e. The molecule has 0 spiro atoms. The van der Waals surface area contributed by atoms with Gasteiger partial charge >= 0.3 is 0 Å². The average Bonchev–Trinajstić information content (AvgIpc) is 2.44. The molecule has 6 heteroatoms. The Kier molecular flexibility index (Phi) is 5.04. The fourth-order valence-corrected chi connectivity index (χ4v) is 1.94. The van der Waals surface area contributed by atoms with Crippen molar-refractivity contribution in [2.75, 3.05) is 5.32 Å². The summed E-state index contributed by atoms with van der Waals surface area (Å²) in [4.78, 5) is 12.0. The van der Waals surface area contributed by atoms with Crippen LogP contribution in [0.3, 0.4) is 0 Å². The van der Waals surface area contributed by atoms with E-state index in [9.17, 15) is 9.18 Å². The predicted octanol–water partition coefficient (Wildman–Crippen LogP) is 4.54. The Hall–Kier alpha value is -1.78. The van der Waals surface area contributed by atoms with Gasteiger partial charge in [0.2, 0.25) is 0 Å². The van der Waals surface area contributed by atoms with E-state index in [-0.39, 0.29) is 5.02 Å². The molecule has 21 heavy (non-hydrogen) atoms. The van der Waals surface area contributed by atoms with Crippen molar-refractivity contribution < 1.29 is 13.9 Å². The van der Waals surface area contributed by atoms with Crippen LogP contribution in [0, 0.1) is 5.82 Å². The van der Waals surface area contributed by atoms with E-state index in [1.54, 1.807) is 31.2 Å². The number of hydrogen-bond acceptors (Lipinski definition) is 2. The van der Waals surface area contributed by atoms with Crippen LogP contribution in [-0.4, -0.2) is 12.0 Å². The lowest BCUT2D eigenvalue weighted by Gasteiger charge is -2.15. The van der Waals surface area contributed by atoms with Crippen molar-refractivity contribution in [3.05, 3.63) is 58.3 Å². The van der Waals surface area contributed by atoms with Gasteiger partial charge in [0.05, 0.1) is 10.7 Å². The SMILES string of the molecule is CC(Oc1ccc(Cl)cc1)C(=O)Nc1ccc(F)cc1Cl. The van der Waals surface area contributed by atoms with Gasteiger partial charge in [0.15, 0.2) is 6.10 Å². The number of halogens is 3. The molecule has 2 rings (SSSR count). The zero-order chi connectivity index (χ0) is 15.4. The van der Waals surface area contributed by atoms with Gasteiger partial charge in [-0.2, -0.15) is 0 Å². The van der Waals surface area contributed by atoms with Crippen molar-refractivity contribution in [1.82, 2.24) is 0 Å². The van der Waals surface area contributed by atoms with Gasteiger partial charge in [0.1, 0.15) is 11.6 Å². The van der Waals surface area contributed by atoms with Gasteiger partial charge in [-0.1, -0.05) is 23.2 Å². The first kappa shape index (κ1) is 15.6. The molecule has 0 bridgehead atoms. The molecule has 1 amide bonds. The molecule has 2 aromatic carbocycles. The molecule has 0 aliphatic carbocycles. The third kappa shape index (κ3) is 4.34. The van der Waals surface area contributed by atoms with Gasteiger partial charge in [0.25, 0.3) is 5.91 Å². The van der Waals surface area contributed by atoms with Crippen molar-refractivity contribution >= 4 is 34.8 Å². The van der Waals surface area contributed by atoms with E-state index in [4.69, 9.17) is 27.9 Å². The minimum absolute atomic E-state index is 0.127. The van der Waals surface area contributed by atoms with E-state index in [0.717, 1.165) is 6.07 Å².